The van der Waals surface area contributed by atoms with Gasteiger partial charge < -0.3 is 5.11 Å². The summed E-state index contributed by atoms with van der Waals surface area (Å²) in [6, 6.07) is 18.7. The molecule has 0 radical (unpaired) electrons. The monoisotopic (exact) mass is 375 g/mol. The van der Waals surface area contributed by atoms with Crippen LogP contribution in [0.3, 0.4) is 0 Å². The van der Waals surface area contributed by atoms with Crippen LogP contribution in [-0.2, 0) is 16.0 Å². The van der Waals surface area contributed by atoms with Gasteiger partial charge in [-0.3, -0.25) is 14.6 Å². The smallest absolute Gasteiger partial charge is 0.319 e. The number of nitrogens with zero attached hydrogens (tertiary/aromatic N) is 1. The maximum atomic E-state index is 13.2. The van der Waals surface area contributed by atoms with Gasteiger partial charge in [0.25, 0.3) is 0 Å². The van der Waals surface area contributed by atoms with Gasteiger partial charge in [-0.25, -0.2) is 0 Å². The summed E-state index contributed by atoms with van der Waals surface area (Å²) < 4.78 is 0. The maximum Gasteiger partial charge on any atom is 0.319 e. The number of carbonyl (C=O) groups excluding carboxylic acids is 1. The number of carbonyl (C=O) groups is 2. The van der Waals surface area contributed by atoms with Crippen LogP contribution in [0.2, 0.25) is 0 Å². The second-order valence-electron chi connectivity index (χ2n) is 8.02. The minimum absolute atomic E-state index is 0.157. The van der Waals surface area contributed by atoms with Crippen LogP contribution in [0.15, 0.2) is 59.6 Å². The van der Waals surface area contributed by atoms with Crippen LogP contribution in [0, 0.1) is 11.3 Å². The summed E-state index contributed by atoms with van der Waals surface area (Å²) in [6.45, 7) is 2.00. The standard InChI is InChI=1S/C24H25NO3/c1-2-23-13-6-14-24(23,25-16-20(21(23)26)22(27)28)15-17-9-11-19(12-10-17)18-7-4-3-5-8-18/h3-5,7-12,16,20H,2,6,13-15H2,1H3,(H,27,28). The van der Waals surface area contributed by atoms with Crippen LogP contribution in [-0.4, -0.2) is 28.6 Å². The molecular weight excluding hydrogens is 350 g/mol. The van der Waals surface area contributed by atoms with Gasteiger partial charge in [0, 0.05) is 6.21 Å². The molecule has 3 unspecified atom stereocenters. The molecule has 4 nitrogen and oxygen atoms in total. The quantitative estimate of drug-likeness (QED) is 0.779. The van der Waals surface area contributed by atoms with E-state index in [1.165, 1.54) is 11.8 Å². The lowest BCUT2D eigenvalue weighted by Gasteiger charge is -2.45. The number of ketones is 1. The first-order valence-electron chi connectivity index (χ1n) is 9.98. The van der Waals surface area contributed by atoms with E-state index in [4.69, 9.17) is 4.99 Å². The minimum Gasteiger partial charge on any atom is -0.480 e. The first-order valence-corrected chi connectivity index (χ1v) is 9.98. The van der Waals surface area contributed by atoms with Crippen LogP contribution in [0.25, 0.3) is 11.1 Å². The molecule has 0 saturated heterocycles. The van der Waals surface area contributed by atoms with Crippen LogP contribution in [0.4, 0.5) is 0 Å². The van der Waals surface area contributed by atoms with Gasteiger partial charge in [-0.05, 0) is 48.8 Å². The highest BCUT2D eigenvalue weighted by Gasteiger charge is 2.61. The Kier molecular flexibility index (Phi) is 4.66. The van der Waals surface area contributed by atoms with Crippen molar-refractivity contribution in [3.63, 3.8) is 0 Å². The maximum absolute atomic E-state index is 13.2. The van der Waals surface area contributed by atoms with E-state index < -0.39 is 22.8 Å². The zero-order chi connectivity index (χ0) is 19.8. The summed E-state index contributed by atoms with van der Waals surface area (Å²) in [4.78, 5) is 29.5. The molecular formula is C24H25NO3. The Morgan fingerprint density at radius 2 is 1.75 bits per heavy atom. The van der Waals surface area contributed by atoms with Crippen LogP contribution in [0.5, 0.6) is 0 Å². The summed E-state index contributed by atoms with van der Waals surface area (Å²) in [5.41, 5.74) is 2.29. The number of aliphatic carboxylic acids is 1. The Morgan fingerprint density at radius 3 is 2.39 bits per heavy atom. The second kappa shape index (κ2) is 7.01. The summed E-state index contributed by atoms with van der Waals surface area (Å²) in [6.07, 6.45) is 5.16. The van der Waals surface area contributed by atoms with E-state index in [1.807, 2.05) is 25.1 Å². The van der Waals surface area contributed by atoms with Gasteiger partial charge in [0.15, 0.2) is 11.7 Å². The van der Waals surface area contributed by atoms with Crippen molar-refractivity contribution in [1.82, 2.24) is 0 Å². The first-order chi connectivity index (χ1) is 13.5. The normalized spacial score (nSPS) is 28.9. The predicted molar refractivity (Wildman–Crippen MR) is 110 cm³/mol. The van der Waals surface area contributed by atoms with Crippen LogP contribution >= 0.6 is 0 Å². The number of aliphatic imine (C=N–C) groups is 1. The second-order valence-corrected chi connectivity index (χ2v) is 8.02. The molecule has 0 bridgehead atoms. The number of hydrogen-bond acceptors (Lipinski definition) is 3. The average molecular weight is 375 g/mol. The van der Waals surface area contributed by atoms with E-state index in [9.17, 15) is 14.7 Å². The molecule has 28 heavy (non-hydrogen) atoms. The largest absolute Gasteiger partial charge is 0.480 e. The van der Waals surface area contributed by atoms with Crippen LogP contribution < -0.4 is 0 Å². The molecule has 144 valence electrons. The molecule has 1 saturated carbocycles. The highest BCUT2D eigenvalue weighted by atomic mass is 16.4. The van der Waals surface area contributed by atoms with Gasteiger partial charge >= 0.3 is 5.97 Å². The molecule has 0 aromatic heterocycles. The Hall–Kier alpha value is -2.75. The topological polar surface area (TPSA) is 66.7 Å². The number of Topliss-reactive ketones (excluding diaryl/α,β-unsaturated/α-hetero) is 1. The van der Waals surface area contributed by atoms with E-state index >= 15 is 0 Å². The minimum atomic E-state index is -1.10. The fraction of sp³-hybridized carbons (Fsp3) is 0.375. The molecule has 0 spiro atoms. The van der Waals surface area contributed by atoms with Crippen molar-refractivity contribution in [2.45, 2.75) is 44.6 Å². The molecule has 1 aliphatic heterocycles. The molecule has 1 aliphatic carbocycles. The lowest BCUT2D eigenvalue weighted by Crippen LogP contribution is -2.56. The number of carboxylic acid groups (broad SMARTS) is 1. The Balaban J connectivity index is 1.67. The zero-order valence-corrected chi connectivity index (χ0v) is 16.1. The highest BCUT2D eigenvalue weighted by Crippen LogP contribution is 2.56. The van der Waals surface area contributed by atoms with Crippen molar-refractivity contribution in [2.24, 2.45) is 16.3 Å². The highest BCUT2D eigenvalue weighted by molar-refractivity contribution is 6.15. The lowest BCUT2D eigenvalue weighted by atomic mass is 9.61. The molecule has 3 atom stereocenters. The van der Waals surface area contributed by atoms with Crippen molar-refractivity contribution < 1.29 is 14.7 Å². The molecule has 4 rings (SSSR count). The van der Waals surface area contributed by atoms with Crippen molar-refractivity contribution >= 4 is 18.0 Å². The van der Waals surface area contributed by atoms with Gasteiger partial charge in [-0.1, -0.05) is 61.5 Å². The van der Waals surface area contributed by atoms with E-state index in [2.05, 4.69) is 36.4 Å². The SMILES string of the molecule is CCC12CCCC1(Cc1ccc(-c3ccccc3)cc1)N=CC(C(=O)O)C2=O. The molecule has 1 N–H and O–H groups in total. The average Bonchev–Trinajstić information content (AvgIpc) is 3.09. The number of rotatable bonds is 5. The van der Waals surface area contributed by atoms with Gasteiger partial charge in [-0.2, -0.15) is 0 Å². The van der Waals surface area contributed by atoms with Crippen molar-refractivity contribution in [2.75, 3.05) is 0 Å². The van der Waals surface area contributed by atoms with Crippen LogP contribution in [0.1, 0.15) is 38.2 Å². The third-order valence-corrected chi connectivity index (χ3v) is 6.74. The third kappa shape index (κ3) is 2.79. The van der Waals surface area contributed by atoms with Gasteiger partial charge in [0.05, 0.1) is 11.0 Å². The predicted octanol–water partition coefficient (Wildman–Crippen LogP) is 4.57. The summed E-state index contributed by atoms with van der Waals surface area (Å²) in [5, 5.41) is 9.44. The van der Waals surface area contributed by atoms with Crippen molar-refractivity contribution in [3.05, 3.63) is 60.2 Å². The summed E-state index contributed by atoms with van der Waals surface area (Å²) in [5.74, 6) is -2.35. The van der Waals surface area contributed by atoms with E-state index in [1.54, 1.807) is 0 Å². The Bertz CT molecular complexity index is 919. The van der Waals surface area contributed by atoms with E-state index in [-0.39, 0.29) is 5.78 Å². The number of benzene rings is 2. The fourth-order valence-corrected chi connectivity index (χ4v) is 5.22. The Labute approximate surface area is 165 Å². The van der Waals surface area contributed by atoms with Gasteiger partial charge in [0.2, 0.25) is 0 Å². The number of hydrogen-bond donors (Lipinski definition) is 1. The molecule has 2 aromatic carbocycles. The molecule has 2 aromatic rings. The van der Waals surface area contributed by atoms with E-state index in [0.717, 1.165) is 30.4 Å². The molecule has 1 fully saturated rings. The van der Waals surface area contributed by atoms with Gasteiger partial charge in [-0.15, -0.1) is 0 Å². The molecule has 4 heteroatoms. The molecule has 2 aliphatic rings. The Morgan fingerprint density at radius 1 is 1.07 bits per heavy atom. The molecule has 1 heterocycles. The zero-order valence-electron chi connectivity index (χ0n) is 16.1. The molecule has 0 amide bonds. The number of fused-ring (bicyclic) bond motifs is 1. The van der Waals surface area contributed by atoms with Gasteiger partial charge in [0.1, 0.15) is 0 Å². The third-order valence-electron chi connectivity index (χ3n) is 6.74. The number of carboxylic acids is 1. The van der Waals surface area contributed by atoms with E-state index in [0.29, 0.717) is 12.8 Å². The summed E-state index contributed by atoms with van der Waals surface area (Å²) >= 11 is 0. The lowest BCUT2D eigenvalue weighted by molar-refractivity contribution is -0.148. The van der Waals surface area contributed by atoms with Crippen molar-refractivity contribution in [1.29, 1.82) is 0 Å². The summed E-state index contributed by atoms with van der Waals surface area (Å²) in [7, 11) is 0. The fourth-order valence-electron chi connectivity index (χ4n) is 5.22. The van der Waals surface area contributed by atoms with Crippen molar-refractivity contribution in [3.8, 4) is 11.1 Å². The first kappa shape index (κ1) is 18.6.